The molecule has 12 heteroatoms. The number of fused-ring (bicyclic) bond motifs is 4. The first-order valence-corrected chi connectivity index (χ1v) is 12.3. The van der Waals surface area contributed by atoms with E-state index in [2.05, 4.69) is 25.3 Å². The van der Waals surface area contributed by atoms with E-state index in [-0.39, 0.29) is 28.5 Å². The molecule has 2 bridgehead atoms. The summed E-state index contributed by atoms with van der Waals surface area (Å²) in [5.41, 5.74) is 0.675. The number of aromatic nitrogens is 4. The van der Waals surface area contributed by atoms with Crippen molar-refractivity contribution in [2.75, 3.05) is 11.1 Å². The number of carbonyl (C=O) groups is 1. The van der Waals surface area contributed by atoms with Crippen LogP contribution in [-0.2, 0) is 4.79 Å². The number of H-pyrrole nitrogens is 1. The van der Waals surface area contributed by atoms with Gasteiger partial charge in [0.15, 0.2) is 17.5 Å². The average molecular weight is 510 g/mol. The number of alkyl halides is 2. The summed E-state index contributed by atoms with van der Waals surface area (Å²) < 4.78 is 56.5. The fourth-order valence-electron chi connectivity index (χ4n) is 5.27. The summed E-state index contributed by atoms with van der Waals surface area (Å²) in [7, 11) is 0. The first-order valence-electron chi connectivity index (χ1n) is 11.3. The third-order valence-corrected chi connectivity index (χ3v) is 8.02. The Kier molecular flexibility index (Phi) is 6.10. The number of pyridine rings is 1. The van der Waals surface area contributed by atoms with Gasteiger partial charge >= 0.3 is 5.97 Å². The molecule has 3 aliphatic rings. The van der Waals surface area contributed by atoms with Crippen LogP contribution in [0.25, 0.3) is 22.4 Å². The molecular formula is C23H23F4N5O2S. The van der Waals surface area contributed by atoms with Crippen LogP contribution in [-0.4, -0.2) is 48.7 Å². The van der Waals surface area contributed by atoms with Crippen LogP contribution in [0.1, 0.15) is 32.6 Å². The van der Waals surface area contributed by atoms with Crippen LogP contribution in [0.5, 0.6) is 0 Å². The summed E-state index contributed by atoms with van der Waals surface area (Å²) in [6, 6.07) is 0.673. The van der Waals surface area contributed by atoms with E-state index in [0.717, 1.165) is 38.8 Å². The van der Waals surface area contributed by atoms with E-state index in [1.165, 1.54) is 12.3 Å². The van der Waals surface area contributed by atoms with Gasteiger partial charge in [0, 0.05) is 30.1 Å². The molecule has 35 heavy (non-hydrogen) atoms. The van der Waals surface area contributed by atoms with E-state index >= 15 is 4.39 Å². The van der Waals surface area contributed by atoms with Crippen LogP contribution in [0.2, 0.25) is 0 Å². The normalized spacial score (nSPS) is 24.1. The SMILES string of the molecule is CC(F)(F)CSc1nc(-c2c[nH]c3ncc(F)cc23)nc(N[C@H]2C3CCC(CC3)[C@@H]2C(=O)O)c1F. The molecule has 0 aromatic carbocycles. The third-order valence-electron chi connectivity index (χ3n) is 6.83. The van der Waals surface area contributed by atoms with Crippen LogP contribution in [0.3, 0.4) is 0 Å². The van der Waals surface area contributed by atoms with Gasteiger partial charge in [-0.2, -0.15) is 4.39 Å². The highest BCUT2D eigenvalue weighted by Gasteiger charge is 2.47. The Morgan fingerprint density at radius 3 is 2.63 bits per heavy atom. The highest BCUT2D eigenvalue weighted by Crippen LogP contribution is 2.46. The fourth-order valence-corrected chi connectivity index (χ4v) is 6.03. The molecule has 0 radical (unpaired) electrons. The summed E-state index contributed by atoms with van der Waals surface area (Å²) in [5, 5.41) is 12.9. The Morgan fingerprint density at radius 1 is 1.23 bits per heavy atom. The highest BCUT2D eigenvalue weighted by molar-refractivity contribution is 7.99. The molecule has 3 fully saturated rings. The maximum absolute atomic E-state index is 15.5. The van der Waals surface area contributed by atoms with E-state index in [0.29, 0.717) is 28.4 Å². The minimum Gasteiger partial charge on any atom is -0.481 e. The van der Waals surface area contributed by atoms with Crippen LogP contribution in [0.4, 0.5) is 23.4 Å². The van der Waals surface area contributed by atoms with Gasteiger partial charge in [-0.05, 0) is 43.6 Å². The standard InChI is InChI=1S/C23H23F4N5O2S/c1-23(26,27)9-35-21-16(25)20(30-17-11-4-2-10(3-5-11)15(17)22(33)34)31-19(32-21)14-8-29-18-13(14)6-12(24)7-28-18/h6-8,10-11,15,17H,2-5,9H2,1H3,(H,28,29)(H,33,34)(H,30,31,32)/t10?,11?,15-,17-/m0/s1. The first kappa shape index (κ1) is 23.8. The van der Waals surface area contributed by atoms with Gasteiger partial charge in [-0.15, -0.1) is 0 Å². The predicted octanol–water partition coefficient (Wildman–Crippen LogP) is 5.35. The summed E-state index contributed by atoms with van der Waals surface area (Å²) >= 11 is 0.540. The lowest BCUT2D eigenvalue weighted by Gasteiger charge is -2.47. The average Bonchev–Trinajstić information content (AvgIpc) is 3.22. The maximum atomic E-state index is 15.5. The Bertz CT molecular complexity index is 1270. The number of anilines is 1. The quantitative estimate of drug-likeness (QED) is 0.224. The summed E-state index contributed by atoms with van der Waals surface area (Å²) in [6.07, 6.45) is 5.77. The fraction of sp³-hybridized carbons (Fsp3) is 0.478. The second-order valence-corrected chi connectivity index (χ2v) is 10.3. The molecule has 0 saturated heterocycles. The van der Waals surface area contributed by atoms with Crippen molar-refractivity contribution < 1.29 is 27.5 Å². The predicted molar refractivity (Wildman–Crippen MR) is 122 cm³/mol. The van der Waals surface area contributed by atoms with E-state index < -0.39 is 41.2 Å². The Morgan fingerprint density at radius 2 is 1.94 bits per heavy atom. The Labute approximate surface area is 202 Å². The van der Waals surface area contributed by atoms with Gasteiger partial charge in [-0.1, -0.05) is 11.8 Å². The molecule has 3 N–H and O–H groups in total. The van der Waals surface area contributed by atoms with Gasteiger partial charge in [0.25, 0.3) is 5.92 Å². The van der Waals surface area contributed by atoms with Gasteiger partial charge in [0.1, 0.15) is 16.5 Å². The van der Waals surface area contributed by atoms with Crippen LogP contribution in [0, 0.1) is 29.4 Å². The number of carboxylic acid groups (broad SMARTS) is 1. The second-order valence-electron chi connectivity index (χ2n) is 9.33. The lowest BCUT2D eigenvalue weighted by molar-refractivity contribution is -0.148. The lowest BCUT2D eigenvalue weighted by Crippen LogP contribution is -2.51. The van der Waals surface area contributed by atoms with E-state index in [1.54, 1.807) is 0 Å². The van der Waals surface area contributed by atoms with Crippen molar-refractivity contribution in [3.05, 3.63) is 30.1 Å². The number of rotatable bonds is 7. The highest BCUT2D eigenvalue weighted by atomic mass is 32.2. The van der Waals surface area contributed by atoms with Crippen molar-refractivity contribution in [2.45, 2.75) is 49.6 Å². The molecule has 0 aliphatic heterocycles. The van der Waals surface area contributed by atoms with E-state index in [9.17, 15) is 23.1 Å². The number of carboxylic acids is 1. The number of nitrogens with zero attached hydrogens (tertiary/aromatic N) is 3. The number of hydrogen-bond donors (Lipinski definition) is 3. The van der Waals surface area contributed by atoms with Crippen molar-refractivity contribution in [2.24, 2.45) is 17.8 Å². The van der Waals surface area contributed by atoms with Crippen molar-refractivity contribution in [3.63, 3.8) is 0 Å². The van der Waals surface area contributed by atoms with Crippen LogP contribution < -0.4 is 5.32 Å². The number of aliphatic carboxylic acids is 1. The largest absolute Gasteiger partial charge is 0.481 e. The minimum absolute atomic E-state index is 0.0117. The lowest BCUT2D eigenvalue weighted by atomic mass is 9.61. The van der Waals surface area contributed by atoms with Crippen molar-refractivity contribution in [3.8, 4) is 11.4 Å². The van der Waals surface area contributed by atoms with Gasteiger partial charge in [0.05, 0.1) is 17.9 Å². The topological polar surface area (TPSA) is 104 Å². The summed E-state index contributed by atoms with van der Waals surface area (Å²) in [6.45, 7) is 0.726. The number of nitrogens with one attached hydrogen (secondary N) is 2. The zero-order valence-corrected chi connectivity index (χ0v) is 19.5. The minimum atomic E-state index is -3.07. The molecule has 0 spiro atoms. The maximum Gasteiger partial charge on any atom is 0.308 e. The Balaban J connectivity index is 1.58. The van der Waals surface area contributed by atoms with Gasteiger partial charge in [0.2, 0.25) is 0 Å². The van der Waals surface area contributed by atoms with Crippen LogP contribution >= 0.6 is 11.8 Å². The smallest absolute Gasteiger partial charge is 0.308 e. The molecule has 0 amide bonds. The van der Waals surface area contributed by atoms with Crippen LogP contribution in [0.15, 0.2) is 23.5 Å². The molecule has 2 atom stereocenters. The molecule has 3 heterocycles. The molecule has 186 valence electrons. The molecule has 0 unspecified atom stereocenters. The monoisotopic (exact) mass is 509 g/mol. The van der Waals surface area contributed by atoms with E-state index in [1.807, 2.05) is 0 Å². The number of halogens is 4. The van der Waals surface area contributed by atoms with Gasteiger partial charge in [-0.25, -0.2) is 28.1 Å². The van der Waals surface area contributed by atoms with Gasteiger partial charge in [-0.3, -0.25) is 4.79 Å². The zero-order chi connectivity index (χ0) is 24.9. The Hall–Kier alpha value is -2.89. The molecule has 3 aromatic rings. The zero-order valence-electron chi connectivity index (χ0n) is 18.7. The molecule has 3 aliphatic carbocycles. The molecule has 6 rings (SSSR count). The molecule has 7 nitrogen and oxygen atoms in total. The van der Waals surface area contributed by atoms with Gasteiger partial charge < -0.3 is 15.4 Å². The molecular weight excluding hydrogens is 486 g/mol. The summed E-state index contributed by atoms with van der Waals surface area (Å²) in [5.74, 6) is -7.21. The summed E-state index contributed by atoms with van der Waals surface area (Å²) in [4.78, 5) is 27.4. The molecule has 3 saturated carbocycles. The third kappa shape index (κ3) is 4.67. The number of aromatic amines is 1. The van der Waals surface area contributed by atoms with Crippen molar-refractivity contribution in [1.82, 2.24) is 19.9 Å². The number of hydrogen-bond acceptors (Lipinski definition) is 6. The van der Waals surface area contributed by atoms with E-state index in [4.69, 9.17) is 0 Å². The first-order chi connectivity index (χ1) is 16.6. The van der Waals surface area contributed by atoms with Crippen molar-refractivity contribution >= 4 is 34.6 Å². The molecule has 3 aromatic heterocycles. The van der Waals surface area contributed by atoms with Crippen molar-refractivity contribution in [1.29, 1.82) is 0 Å². The second kappa shape index (κ2) is 8.96. The number of thioether (sulfide) groups is 1.